The van der Waals surface area contributed by atoms with Crippen molar-refractivity contribution in [3.05, 3.63) is 23.8 Å². The van der Waals surface area contributed by atoms with Gasteiger partial charge < -0.3 is 20.3 Å². The van der Waals surface area contributed by atoms with Gasteiger partial charge in [0.1, 0.15) is 17.9 Å². The lowest BCUT2D eigenvalue weighted by Crippen LogP contribution is -2.30. The molecule has 0 unspecified atom stereocenters. The number of hydrogen-bond acceptors (Lipinski definition) is 5. The number of ether oxygens (including phenoxy) is 2. The Balaban J connectivity index is 2.90. The maximum absolute atomic E-state index is 12.1. The molecular formula is C14H19NO5. The summed E-state index contributed by atoms with van der Waals surface area (Å²) >= 11 is 0. The molecule has 0 heterocycles. The predicted molar refractivity (Wildman–Crippen MR) is 73.7 cm³/mol. The molecule has 0 saturated heterocycles. The first kappa shape index (κ1) is 15.8. The highest BCUT2D eigenvalue weighted by Gasteiger charge is 2.30. The minimum absolute atomic E-state index is 0.121. The van der Waals surface area contributed by atoms with Gasteiger partial charge in [-0.3, -0.25) is 4.79 Å². The zero-order chi connectivity index (χ0) is 15.3. The van der Waals surface area contributed by atoms with E-state index in [0.29, 0.717) is 12.4 Å². The summed E-state index contributed by atoms with van der Waals surface area (Å²) in [5.74, 6) is -1.41. The first-order chi connectivity index (χ1) is 9.29. The summed E-state index contributed by atoms with van der Waals surface area (Å²) in [6.07, 6.45) is 0. The minimum atomic E-state index is -1.16. The van der Waals surface area contributed by atoms with Crippen molar-refractivity contribution in [2.75, 3.05) is 18.9 Å². The van der Waals surface area contributed by atoms with Gasteiger partial charge in [-0.2, -0.15) is 0 Å². The van der Waals surface area contributed by atoms with Crippen LogP contribution in [0, 0.1) is 5.41 Å². The normalized spacial score (nSPS) is 10.9. The lowest BCUT2D eigenvalue weighted by molar-refractivity contribution is -0.149. The van der Waals surface area contributed by atoms with Gasteiger partial charge in [-0.05, 0) is 32.9 Å². The highest BCUT2D eigenvalue weighted by atomic mass is 16.5. The molecule has 3 N–H and O–H groups in total. The number of carbonyl (C=O) groups excluding carboxylic acids is 1. The zero-order valence-electron chi connectivity index (χ0n) is 11.8. The third-order valence-electron chi connectivity index (χ3n) is 2.71. The van der Waals surface area contributed by atoms with Gasteiger partial charge in [-0.15, -0.1) is 0 Å². The molecule has 0 spiro atoms. The van der Waals surface area contributed by atoms with Crippen LogP contribution in [-0.2, 0) is 9.53 Å². The van der Waals surface area contributed by atoms with E-state index in [2.05, 4.69) is 0 Å². The van der Waals surface area contributed by atoms with Crippen LogP contribution in [-0.4, -0.2) is 30.3 Å². The standard InChI is InChI=1S/C14H19NO5/c1-4-19-10-7-5-6-9(15)11(10)12(16)20-8-14(2,3)13(17)18/h5-7H,4,8,15H2,1-3H3,(H,17,18). The van der Waals surface area contributed by atoms with E-state index in [9.17, 15) is 9.59 Å². The Morgan fingerprint density at radius 2 is 2.00 bits per heavy atom. The van der Waals surface area contributed by atoms with Gasteiger partial charge in [0.05, 0.1) is 12.0 Å². The van der Waals surface area contributed by atoms with E-state index in [1.54, 1.807) is 25.1 Å². The number of carboxylic acid groups (broad SMARTS) is 1. The van der Waals surface area contributed by atoms with Crippen molar-refractivity contribution in [1.29, 1.82) is 0 Å². The fourth-order valence-corrected chi connectivity index (χ4v) is 1.42. The Labute approximate surface area is 117 Å². The molecule has 0 bridgehead atoms. The second-order valence-electron chi connectivity index (χ2n) is 4.92. The SMILES string of the molecule is CCOc1cccc(N)c1C(=O)OCC(C)(C)C(=O)O. The molecule has 0 fully saturated rings. The van der Waals surface area contributed by atoms with Gasteiger partial charge >= 0.3 is 11.9 Å². The molecule has 20 heavy (non-hydrogen) atoms. The van der Waals surface area contributed by atoms with E-state index in [-0.39, 0.29) is 17.9 Å². The lowest BCUT2D eigenvalue weighted by atomic mass is 9.95. The Morgan fingerprint density at radius 1 is 1.35 bits per heavy atom. The van der Waals surface area contributed by atoms with Gasteiger partial charge in [-0.25, -0.2) is 4.79 Å². The van der Waals surface area contributed by atoms with Crippen LogP contribution in [0.4, 0.5) is 5.69 Å². The molecule has 0 atom stereocenters. The molecule has 0 aliphatic rings. The van der Waals surface area contributed by atoms with Crippen molar-refractivity contribution in [2.24, 2.45) is 5.41 Å². The van der Waals surface area contributed by atoms with Crippen LogP contribution in [0.1, 0.15) is 31.1 Å². The number of nitrogen functional groups attached to an aromatic ring is 1. The number of nitrogens with two attached hydrogens (primary N) is 1. The van der Waals surface area contributed by atoms with Crippen molar-refractivity contribution in [1.82, 2.24) is 0 Å². The number of benzene rings is 1. The number of hydrogen-bond donors (Lipinski definition) is 2. The number of anilines is 1. The molecule has 0 saturated carbocycles. The van der Waals surface area contributed by atoms with Crippen molar-refractivity contribution in [3.8, 4) is 5.75 Å². The van der Waals surface area contributed by atoms with Crippen LogP contribution in [0.3, 0.4) is 0 Å². The summed E-state index contributed by atoms with van der Waals surface area (Å²) in [5, 5.41) is 8.98. The molecule has 1 aromatic carbocycles. The number of rotatable bonds is 6. The fourth-order valence-electron chi connectivity index (χ4n) is 1.42. The van der Waals surface area contributed by atoms with Crippen molar-refractivity contribution in [2.45, 2.75) is 20.8 Å². The first-order valence-corrected chi connectivity index (χ1v) is 6.21. The lowest BCUT2D eigenvalue weighted by Gasteiger charge is -2.19. The van der Waals surface area contributed by atoms with Crippen LogP contribution in [0.5, 0.6) is 5.75 Å². The summed E-state index contributed by atoms with van der Waals surface area (Å²) in [7, 11) is 0. The van der Waals surface area contributed by atoms with Crippen molar-refractivity contribution in [3.63, 3.8) is 0 Å². The van der Waals surface area contributed by atoms with E-state index in [0.717, 1.165) is 0 Å². The highest BCUT2D eigenvalue weighted by Crippen LogP contribution is 2.26. The second kappa shape index (κ2) is 6.27. The van der Waals surface area contributed by atoms with E-state index in [1.165, 1.54) is 13.8 Å². The Bertz CT molecular complexity index is 510. The Morgan fingerprint density at radius 3 is 2.55 bits per heavy atom. The van der Waals surface area contributed by atoms with Gasteiger partial charge in [0.2, 0.25) is 0 Å². The maximum atomic E-state index is 12.1. The van der Waals surface area contributed by atoms with Gasteiger partial charge in [-0.1, -0.05) is 6.07 Å². The van der Waals surface area contributed by atoms with Crippen LogP contribution in [0.25, 0.3) is 0 Å². The summed E-state index contributed by atoms with van der Waals surface area (Å²) < 4.78 is 10.4. The van der Waals surface area contributed by atoms with E-state index >= 15 is 0 Å². The molecule has 0 amide bonds. The van der Waals surface area contributed by atoms with Crippen LogP contribution >= 0.6 is 0 Å². The first-order valence-electron chi connectivity index (χ1n) is 6.21. The molecule has 6 heteroatoms. The Hall–Kier alpha value is -2.24. The van der Waals surface area contributed by atoms with Gasteiger partial charge in [0, 0.05) is 5.69 Å². The van der Waals surface area contributed by atoms with E-state index in [4.69, 9.17) is 20.3 Å². The summed E-state index contributed by atoms with van der Waals surface area (Å²) in [5.41, 5.74) is 4.94. The van der Waals surface area contributed by atoms with E-state index in [1.807, 2.05) is 0 Å². The van der Waals surface area contributed by atoms with Crippen molar-refractivity contribution >= 4 is 17.6 Å². The van der Waals surface area contributed by atoms with Gasteiger partial charge in [0.25, 0.3) is 0 Å². The predicted octanol–water partition coefficient (Wildman–Crippen LogP) is 1.94. The number of carboxylic acids is 1. The number of aliphatic carboxylic acids is 1. The molecule has 0 aromatic heterocycles. The quantitative estimate of drug-likeness (QED) is 0.610. The molecule has 6 nitrogen and oxygen atoms in total. The van der Waals surface area contributed by atoms with E-state index < -0.39 is 17.4 Å². The van der Waals surface area contributed by atoms with Crippen LogP contribution in [0.15, 0.2) is 18.2 Å². The average Bonchev–Trinajstić information content (AvgIpc) is 2.36. The largest absolute Gasteiger partial charge is 0.493 e. The molecule has 1 aromatic rings. The molecule has 0 aliphatic heterocycles. The van der Waals surface area contributed by atoms with Gasteiger partial charge in [0.15, 0.2) is 0 Å². The number of esters is 1. The molecule has 0 aliphatic carbocycles. The van der Waals surface area contributed by atoms with Crippen LogP contribution in [0.2, 0.25) is 0 Å². The highest BCUT2D eigenvalue weighted by molar-refractivity contribution is 5.98. The second-order valence-corrected chi connectivity index (χ2v) is 4.92. The van der Waals surface area contributed by atoms with Crippen LogP contribution < -0.4 is 10.5 Å². The smallest absolute Gasteiger partial charge is 0.344 e. The molecule has 1 rings (SSSR count). The number of carbonyl (C=O) groups is 2. The molecule has 0 radical (unpaired) electrons. The minimum Gasteiger partial charge on any atom is -0.493 e. The summed E-state index contributed by atoms with van der Waals surface area (Å²) in [4.78, 5) is 23.0. The zero-order valence-corrected chi connectivity index (χ0v) is 11.8. The van der Waals surface area contributed by atoms with Crippen molar-refractivity contribution < 1.29 is 24.2 Å². The average molecular weight is 281 g/mol. The summed E-state index contributed by atoms with van der Waals surface area (Å²) in [6.45, 7) is 4.86. The third kappa shape index (κ3) is 3.63. The topological polar surface area (TPSA) is 98.9 Å². The fraction of sp³-hybridized carbons (Fsp3) is 0.429. The monoisotopic (exact) mass is 281 g/mol. The third-order valence-corrected chi connectivity index (χ3v) is 2.71. The Kier molecular flexibility index (Phi) is 4.96. The maximum Gasteiger partial charge on any atom is 0.344 e. The molecular weight excluding hydrogens is 262 g/mol. The summed E-state index contributed by atoms with van der Waals surface area (Å²) in [6, 6.07) is 4.83. The molecule has 110 valence electrons.